The Balaban J connectivity index is 1.75. The molecule has 0 atom stereocenters. The summed E-state index contributed by atoms with van der Waals surface area (Å²) in [7, 11) is 0. The van der Waals surface area contributed by atoms with E-state index in [4.69, 9.17) is 4.98 Å². The van der Waals surface area contributed by atoms with Crippen LogP contribution in [0.5, 0.6) is 0 Å². The van der Waals surface area contributed by atoms with Crippen molar-refractivity contribution in [2.24, 2.45) is 0 Å². The number of fused-ring (bicyclic) bond motifs is 1. The number of hydrogen-bond acceptors (Lipinski definition) is 3. The van der Waals surface area contributed by atoms with E-state index >= 15 is 0 Å². The van der Waals surface area contributed by atoms with Gasteiger partial charge in [-0.2, -0.15) is 5.26 Å². The number of rotatable bonds is 6. The Labute approximate surface area is 174 Å². The lowest BCUT2D eigenvalue weighted by Crippen LogP contribution is -2.08. The molecule has 4 rings (SSSR count). The first kappa shape index (κ1) is 19.4. The van der Waals surface area contributed by atoms with Gasteiger partial charge in [-0.3, -0.25) is 0 Å². The van der Waals surface area contributed by atoms with Crippen molar-refractivity contribution >= 4 is 17.0 Å². The van der Waals surface area contributed by atoms with E-state index in [0.29, 0.717) is 23.1 Å². The Bertz CT molecular complexity index is 1260. The molecule has 0 spiro atoms. The molecule has 0 unspecified atom stereocenters. The Morgan fingerprint density at radius 2 is 1.83 bits per heavy atom. The highest BCUT2D eigenvalue weighted by Gasteiger charge is 2.17. The summed E-state index contributed by atoms with van der Waals surface area (Å²) < 4.78 is 2.01. The Morgan fingerprint density at radius 1 is 1.07 bits per heavy atom. The molecule has 0 radical (unpaired) electrons. The molecule has 30 heavy (non-hydrogen) atoms. The van der Waals surface area contributed by atoms with E-state index in [1.807, 2.05) is 59.2 Å². The van der Waals surface area contributed by atoms with Gasteiger partial charge in [0.05, 0.1) is 28.2 Å². The number of carboxylic acids is 1. The smallest absolute Gasteiger partial charge is 0.337 e. The van der Waals surface area contributed by atoms with E-state index in [2.05, 4.69) is 13.0 Å². The third kappa shape index (κ3) is 3.56. The largest absolute Gasteiger partial charge is 0.478 e. The number of aromatic nitrogens is 2. The third-order valence-electron chi connectivity index (χ3n) is 5.20. The van der Waals surface area contributed by atoms with Gasteiger partial charge in [0, 0.05) is 13.0 Å². The zero-order valence-electron chi connectivity index (χ0n) is 16.7. The van der Waals surface area contributed by atoms with Gasteiger partial charge in [-0.15, -0.1) is 0 Å². The lowest BCUT2D eigenvalue weighted by Gasteiger charge is -2.11. The minimum atomic E-state index is -0.951. The normalized spacial score (nSPS) is 10.8. The standard InChI is InChI=1S/C25H21N3O2/c1-2-6-23-27-22-10-5-9-21(25(29)30)24(22)28(23)16-17-11-13-18(14-12-17)20-8-4-3-7-19(20)15-26/h3-5,7-14H,2,6,16H2,1H3,(H,29,30). The van der Waals surface area contributed by atoms with Crippen LogP contribution in [0.3, 0.4) is 0 Å². The Kier molecular flexibility index (Phi) is 5.32. The number of nitrogens with zero attached hydrogens (tertiary/aromatic N) is 3. The maximum Gasteiger partial charge on any atom is 0.337 e. The first-order valence-electron chi connectivity index (χ1n) is 9.92. The summed E-state index contributed by atoms with van der Waals surface area (Å²) in [6.45, 7) is 2.62. The first-order chi connectivity index (χ1) is 14.6. The van der Waals surface area contributed by atoms with Crippen molar-refractivity contribution in [1.82, 2.24) is 9.55 Å². The molecule has 1 heterocycles. The third-order valence-corrected chi connectivity index (χ3v) is 5.20. The van der Waals surface area contributed by atoms with Crippen molar-refractivity contribution < 1.29 is 9.90 Å². The minimum Gasteiger partial charge on any atom is -0.478 e. The molecule has 0 aliphatic heterocycles. The zero-order chi connectivity index (χ0) is 21.1. The molecule has 5 heteroatoms. The van der Waals surface area contributed by atoms with E-state index < -0.39 is 5.97 Å². The van der Waals surface area contributed by atoms with Gasteiger partial charge in [-0.1, -0.05) is 55.5 Å². The molecular weight excluding hydrogens is 374 g/mol. The molecule has 0 fully saturated rings. The van der Waals surface area contributed by atoms with Crippen LogP contribution in [0.25, 0.3) is 22.2 Å². The molecule has 3 aromatic carbocycles. The van der Waals surface area contributed by atoms with E-state index in [1.165, 1.54) is 0 Å². The molecule has 0 amide bonds. The van der Waals surface area contributed by atoms with E-state index in [9.17, 15) is 15.2 Å². The average Bonchev–Trinajstić information content (AvgIpc) is 3.11. The summed E-state index contributed by atoms with van der Waals surface area (Å²) in [6, 6.07) is 23.0. The van der Waals surface area contributed by atoms with Crippen LogP contribution in [0.1, 0.15) is 40.7 Å². The Hall–Kier alpha value is -3.91. The van der Waals surface area contributed by atoms with Crippen LogP contribution in [0.15, 0.2) is 66.7 Å². The van der Waals surface area contributed by atoms with Crippen LogP contribution in [0, 0.1) is 11.3 Å². The summed E-state index contributed by atoms with van der Waals surface area (Å²) in [6.07, 6.45) is 1.71. The number of aromatic carboxylic acids is 1. The fourth-order valence-corrected chi connectivity index (χ4v) is 3.80. The van der Waals surface area contributed by atoms with E-state index in [0.717, 1.165) is 35.4 Å². The van der Waals surface area contributed by atoms with Crippen molar-refractivity contribution in [3.63, 3.8) is 0 Å². The number of para-hydroxylation sites is 1. The SMILES string of the molecule is CCCc1nc2cccc(C(=O)O)c2n1Cc1ccc(-c2ccccc2C#N)cc1. The van der Waals surface area contributed by atoms with Gasteiger partial charge in [0.15, 0.2) is 0 Å². The molecule has 0 saturated heterocycles. The van der Waals surface area contributed by atoms with Crippen molar-refractivity contribution in [3.8, 4) is 17.2 Å². The number of imidazole rings is 1. The predicted octanol–water partition coefficient (Wildman–Crippen LogP) is 5.27. The molecular formula is C25H21N3O2. The lowest BCUT2D eigenvalue weighted by atomic mass is 9.99. The number of aryl methyl sites for hydroxylation is 1. The van der Waals surface area contributed by atoms with Crippen molar-refractivity contribution in [2.75, 3.05) is 0 Å². The van der Waals surface area contributed by atoms with Gasteiger partial charge < -0.3 is 9.67 Å². The number of nitriles is 1. The topological polar surface area (TPSA) is 78.9 Å². The lowest BCUT2D eigenvalue weighted by molar-refractivity contribution is 0.0698. The minimum absolute atomic E-state index is 0.266. The van der Waals surface area contributed by atoms with Gasteiger partial charge in [0.1, 0.15) is 5.82 Å². The fourth-order valence-electron chi connectivity index (χ4n) is 3.80. The maximum atomic E-state index is 11.8. The second kappa shape index (κ2) is 8.22. The van der Waals surface area contributed by atoms with Crippen molar-refractivity contribution in [1.29, 1.82) is 5.26 Å². The van der Waals surface area contributed by atoms with Crippen molar-refractivity contribution in [3.05, 3.63) is 89.2 Å². The number of carbonyl (C=O) groups is 1. The maximum absolute atomic E-state index is 11.8. The summed E-state index contributed by atoms with van der Waals surface area (Å²) in [5.74, 6) is -0.0617. The summed E-state index contributed by atoms with van der Waals surface area (Å²) in [5, 5.41) is 19.0. The highest BCUT2D eigenvalue weighted by Crippen LogP contribution is 2.26. The van der Waals surface area contributed by atoms with Gasteiger partial charge in [0.2, 0.25) is 0 Å². The average molecular weight is 395 g/mol. The van der Waals surface area contributed by atoms with Crippen LogP contribution in [-0.4, -0.2) is 20.6 Å². The van der Waals surface area contributed by atoms with Crippen LogP contribution in [0.4, 0.5) is 0 Å². The number of benzene rings is 3. The summed E-state index contributed by atoms with van der Waals surface area (Å²) in [5.41, 5.74) is 5.20. The highest BCUT2D eigenvalue weighted by molar-refractivity contribution is 6.01. The first-order valence-corrected chi connectivity index (χ1v) is 9.92. The molecule has 1 N–H and O–H groups in total. The van der Waals surface area contributed by atoms with Crippen LogP contribution in [-0.2, 0) is 13.0 Å². The summed E-state index contributed by atoms with van der Waals surface area (Å²) in [4.78, 5) is 16.5. The molecule has 148 valence electrons. The second-order valence-corrected chi connectivity index (χ2v) is 7.20. The van der Waals surface area contributed by atoms with E-state index in [1.54, 1.807) is 12.1 Å². The molecule has 0 saturated carbocycles. The molecule has 4 aromatic rings. The molecule has 0 aliphatic carbocycles. The van der Waals surface area contributed by atoms with Crippen LogP contribution in [0.2, 0.25) is 0 Å². The molecule has 0 bridgehead atoms. The van der Waals surface area contributed by atoms with Crippen LogP contribution >= 0.6 is 0 Å². The van der Waals surface area contributed by atoms with Gasteiger partial charge in [-0.25, -0.2) is 9.78 Å². The number of hydrogen-bond donors (Lipinski definition) is 1. The van der Waals surface area contributed by atoms with Gasteiger partial charge in [0.25, 0.3) is 0 Å². The number of carboxylic acid groups (broad SMARTS) is 1. The second-order valence-electron chi connectivity index (χ2n) is 7.20. The Morgan fingerprint density at radius 3 is 2.53 bits per heavy atom. The monoisotopic (exact) mass is 395 g/mol. The quantitative estimate of drug-likeness (QED) is 0.482. The molecule has 1 aromatic heterocycles. The van der Waals surface area contributed by atoms with Crippen LogP contribution < -0.4 is 0 Å². The summed E-state index contributed by atoms with van der Waals surface area (Å²) >= 11 is 0. The predicted molar refractivity (Wildman–Crippen MR) is 116 cm³/mol. The fraction of sp³-hybridized carbons (Fsp3) is 0.160. The highest BCUT2D eigenvalue weighted by atomic mass is 16.4. The molecule has 0 aliphatic rings. The van der Waals surface area contributed by atoms with Crippen molar-refractivity contribution in [2.45, 2.75) is 26.3 Å². The van der Waals surface area contributed by atoms with Gasteiger partial charge >= 0.3 is 5.97 Å². The zero-order valence-corrected chi connectivity index (χ0v) is 16.7. The molecule has 5 nitrogen and oxygen atoms in total. The van der Waals surface area contributed by atoms with Gasteiger partial charge in [-0.05, 0) is 41.3 Å². The van der Waals surface area contributed by atoms with E-state index in [-0.39, 0.29) is 5.56 Å².